The van der Waals surface area contributed by atoms with Crippen molar-refractivity contribution in [3.05, 3.63) is 29.0 Å². The quantitative estimate of drug-likeness (QED) is 0.925. The number of hydrogen-bond acceptors (Lipinski definition) is 3. The Labute approximate surface area is 118 Å². The lowest BCUT2D eigenvalue weighted by Gasteiger charge is -2.37. The molecule has 5 heteroatoms. The second-order valence-corrected chi connectivity index (χ2v) is 5.53. The van der Waals surface area contributed by atoms with Crippen LogP contribution in [0.15, 0.2) is 18.5 Å². The van der Waals surface area contributed by atoms with Crippen LogP contribution < -0.4 is 5.73 Å². The summed E-state index contributed by atoms with van der Waals surface area (Å²) in [5.74, 6) is 0.348. The molecule has 1 heterocycles. The fourth-order valence-corrected chi connectivity index (χ4v) is 3.06. The van der Waals surface area contributed by atoms with Crippen LogP contribution in [-0.4, -0.2) is 35.4 Å². The molecule has 0 spiro atoms. The van der Waals surface area contributed by atoms with Gasteiger partial charge in [0.05, 0.1) is 10.6 Å². The van der Waals surface area contributed by atoms with E-state index < -0.39 is 0 Å². The minimum atomic E-state index is -0.0437. The second kappa shape index (κ2) is 6.35. The third-order valence-corrected chi connectivity index (χ3v) is 4.29. The van der Waals surface area contributed by atoms with E-state index in [2.05, 4.69) is 4.98 Å². The number of nitrogens with two attached hydrogens (primary N) is 1. The third-order valence-electron chi connectivity index (χ3n) is 3.99. The zero-order chi connectivity index (χ0) is 13.8. The van der Waals surface area contributed by atoms with Gasteiger partial charge in [0.25, 0.3) is 5.91 Å². The average Bonchev–Trinajstić information content (AvgIpc) is 2.46. The summed E-state index contributed by atoms with van der Waals surface area (Å²) in [6, 6.07) is 1.89. The molecule has 104 valence electrons. The second-order valence-electron chi connectivity index (χ2n) is 5.12. The van der Waals surface area contributed by atoms with Crippen LogP contribution in [0.25, 0.3) is 0 Å². The van der Waals surface area contributed by atoms with Crippen LogP contribution in [0.4, 0.5) is 0 Å². The highest BCUT2D eigenvalue weighted by molar-refractivity contribution is 6.33. The lowest BCUT2D eigenvalue weighted by atomic mass is 9.83. The number of aromatic nitrogens is 1. The predicted octanol–water partition coefficient (Wildman–Crippen LogP) is 2.32. The van der Waals surface area contributed by atoms with E-state index >= 15 is 0 Å². The molecular weight excluding hydrogens is 262 g/mol. The van der Waals surface area contributed by atoms with Crippen LogP contribution in [0.5, 0.6) is 0 Å². The van der Waals surface area contributed by atoms with E-state index in [-0.39, 0.29) is 11.9 Å². The van der Waals surface area contributed by atoms with Crippen LogP contribution in [0, 0.1) is 5.92 Å². The number of rotatable bonds is 3. The zero-order valence-electron chi connectivity index (χ0n) is 11.2. The van der Waals surface area contributed by atoms with Gasteiger partial charge in [0.1, 0.15) is 0 Å². The molecule has 0 aromatic carbocycles. The van der Waals surface area contributed by atoms with Crippen LogP contribution in [0.2, 0.25) is 5.02 Å². The molecule has 0 saturated heterocycles. The SMILES string of the molecule is CN(C(=O)c1ccncc1Cl)C1CCCCC1CN. The third kappa shape index (κ3) is 3.07. The van der Waals surface area contributed by atoms with Crippen molar-refractivity contribution in [3.8, 4) is 0 Å². The molecule has 2 rings (SSSR count). The van der Waals surface area contributed by atoms with Crippen LogP contribution in [-0.2, 0) is 0 Å². The fourth-order valence-electron chi connectivity index (χ4n) is 2.86. The van der Waals surface area contributed by atoms with Gasteiger partial charge in [0.15, 0.2) is 0 Å². The van der Waals surface area contributed by atoms with Crippen molar-refractivity contribution in [2.75, 3.05) is 13.6 Å². The number of nitrogens with zero attached hydrogens (tertiary/aromatic N) is 2. The Bertz CT molecular complexity index is 452. The molecule has 0 bridgehead atoms. The first-order valence-corrected chi connectivity index (χ1v) is 7.09. The Kier molecular flexibility index (Phi) is 4.77. The molecule has 1 aromatic heterocycles. The average molecular weight is 282 g/mol. The lowest BCUT2D eigenvalue weighted by molar-refractivity contribution is 0.0620. The highest BCUT2D eigenvalue weighted by atomic mass is 35.5. The Morgan fingerprint density at radius 2 is 2.26 bits per heavy atom. The van der Waals surface area contributed by atoms with Crippen molar-refractivity contribution in [3.63, 3.8) is 0 Å². The number of hydrogen-bond donors (Lipinski definition) is 1. The van der Waals surface area contributed by atoms with Gasteiger partial charge in [-0.05, 0) is 31.4 Å². The van der Waals surface area contributed by atoms with Crippen molar-refractivity contribution < 1.29 is 4.79 Å². The van der Waals surface area contributed by atoms with E-state index in [4.69, 9.17) is 17.3 Å². The first-order valence-electron chi connectivity index (χ1n) is 6.72. The highest BCUT2D eigenvalue weighted by Crippen LogP contribution is 2.28. The number of amides is 1. The van der Waals surface area contributed by atoms with Gasteiger partial charge in [-0.3, -0.25) is 9.78 Å². The van der Waals surface area contributed by atoms with E-state index in [0.717, 1.165) is 19.3 Å². The van der Waals surface area contributed by atoms with E-state index in [0.29, 0.717) is 23.0 Å². The monoisotopic (exact) mass is 281 g/mol. The van der Waals surface area contributed by atoms with Crippen molar-refractivity contribution in [1.29, 1.82) is 0 Å². The molecule has 1 aliphatic carbocycles. The number of pyridine rings is 1. The van der Waals surface area contributed by atoms with Gasteiger partial charge in [-0.2, -0.15) is 0 Å². The van der Waals surface area contributed by atoms with Crippen LogP contribution in [0.3, 0.4) is 0 Å². The standard InChI is InChI=1S/C14H20ClN3O/c1-18(13-5-3-2-4-10(13)8-16)14(19)11-6-7-17-9-12(11)15/h6-7,9-10,13H,2-5,8,16H2,1H3. The van der Waals surface area contributed by atoms with Gasteiger partial charge in [-0.15, -0.1) is 0 Å². The first-order chi connectivity index (χ1) is 9.15. The van der Waals surface area contributed by atoms with E-state index in [1.807, 2.05) is 7.05 Å². The Morgan fingerprint density at radius 3 is 2.95 bits per heavy atom. The summed E-state index contributed by atoms with van der Waals surface area (Å²) in [6.45, 7) is 0.631. The molecule has 1 aromatic rings. The van der Waals surface area contributed by atoms with Gasteiger partial charge in [-0.1, -0.05) is 24.4 Å². The Hall–Kier alpha value is -1.13. The largest absolute Gasteiger partial charge is 0.338 e. The van der Waals surface area contributed by atoms with Gasteiger partial charge in [-0.25, -0.2) is 0 Å². The van der Waals surface area contributed by atoms with E-state index in [1.54, 1.807) is 17.2 Å². The molecule has 1 saturated carbocycles. The van der Waals surface area contributed by atoms with Gasteiger partial charge >= 0.3 is 0 Å². The van der Waals surface area contributed by atoms with Gasteiger partial charge < -0.3 is 10.6 Å². The predicted molar refractivity (Wildman–Crippen MR) is 76.1 cm³/mol. The molecule has 0 aliphatic heterocycles. The van der Waals surface area contributed by atoms with E-state index in [1.165, 1.54) is 12.6 Å². The molecule has 1 aliphatic rings. The van der Waals surface area contributed by atoms with E-state index in [9.17, 15) is 4.79 Å². The minimum absolute atomic E-state index is 0.0437. The minimum Gasteiger partial charge on any atom is -0.338 e. The molecule has 1 amide bonds. The molecule has 2 unspecified atom stereocenters. The topological polar surface area (TPSA) is 59.2 Å². The summed E-state index contributed by atoms with van der Waals surface area (Å²) in [5.41, 5.74) is 6.34. The number of halogens is 1. The fraction of sp³-hybridized carbons (Fsp3) is 0.571. The molecule has 4 nitrogen and oxygen atoms in total. The summed E-state index contributed by atoms with van der Waals surface area (Å²) in [6.07, 6.45) is 7.58. The number of carbonyl (C=O) groups excluding carboxylic acids is 1. The lowest BCUT2D eigenvalue weighted by Crippen LogP contribution is -2.46. The van der Waals surface area contributed by atoms with Gasteiger partial charge in [0, 0.05) is 25.5 Å². The maximum atomic E-state index is 12.5. The summed E-state index contributed by atoms with van der Waals surface area (Å²) < 4.78 is 0. The summed E-state index contributed by atoms with van der Waals surface area (Å²) in [4.78, 5) is 18.2. The maximum Gasteiger partial charge on any atom is 0.255 e. The molecule has 1 fully saturated rings. The van der Waals surface area contributed by atoms with Gasteiger partial charge in [0.2, 0.25) is 0 Å². The smallest absolute Gasteiger partial charge is 0.255 e. The normalized spacial score (nSPS) is 23.1. The molecule has 2 N–H and O–H groups in total. The highest BCUT2D eigenvalue weighted by Gasteiger charge is 2.30. The molecule has 19 heavy (non-hydrogen) atoms. The van der Waals surface area contributed by atoms with Crippen molar-refractivity contribution in [1.82, 2.24) is 9.88 Å². The maximum absolute atomic E-state index is 12.5. The molecular formula is C14H20ClN3O. The Balaban J connectivity index is 2.16. The summed E-state index contributed by atoms with van der Waals surface area (Å²) in [5, 5.41) is 0.402. The van der Waals surface area contributed by atoms with Crippen molar-refractivity contribution >= 4 is 17.5 Å². The van der Waals surface area contributed by atoms with Crippen molar-refractivity contribution in [2.24, 2.45) is 11.7 Å². The van der Waals surface area contributed by atoms with Crippen LogP contribution >= 0.6 is 11.6 Å². The molecule has 2 atom stereocenters. The zero-order valence-corrected chi connectivity index (χ0v) is 11.9. The summed E-state index contributed by atoms with van der Waals surface area (Å²) >= 11 is 6.04. The number of carbonyl (C=O) groups is 1. The summed E-state index contributed by atoms with van der Waals surface area (Å²) in [7, 11) is 1.84. The van der Waals surface area contributed by atoms with Crippen LogP contribution in [0.1, 0.15) is 36.0 Å². The van der Waals surface area contributed by atoms with Crippen molar-refractivity contribution in [2.45, 2.75) is 31.7 Å². The first kappa shape index (κ1) is 14.3. The molecule has 0 radical (unpaired) electrons. The Morgan fingerprint density at radius 1 is 1.53 bits per heavy atom.